The number of hydrogen-bond acceptors (Lipinski definition) is 3. The SMILES string of the molecule is CN1CCCC(CN(C)C(=O)[C@@]23CCCC[C@H]2CNC3)C1. The number of carbonyl (C=O) groups is 1. The van der Waals surface area contributed by atoms with Gasteiger partial charge in [0.25, 0.3) is 0 Å². The van der Waals surface area contributed by atoms with E-state index >= 15 is 0 Å². The van der Waals surface area contributed by atoms with Crippen molar-refractivity contribution in [3.63, 3.8) is 0 Å². The minimum atomic E-state index is -0.0758. The first-order valence-electron chi connectivity index (χ1n) is 8.76. The van der Waals surface area contributed by atoms with Crippen LogP contribution in [0.1, 0.15) is 38.5 Å². The lowest BCUT2D eigenvalue weighted by molar-refractivity contribution is -0.144. The second-order valence-corrected chi connectivity index (χ2v) is 7.69. The highest BCUT2D eigenvalue weighted by Crippen LogP contribution is 2.45. The number of carbonyl (C=O) groups excluding carboxylic acids is 1. The Balaban J connectivity index is 1.63. The highest BCUT2D eigenvalue weighted by atomic mass is 16.2. The molecule has 0 aromatic carbocycles. The summed E-state index contributed by atoms with van der Waals surface area (Å²) in [5, 5.41) is 3.50. The maximum absolute atomic E-state index is 13.1. The van der Waals surface area contributed by atoms with Crippen molar-refractivity contribution in [3.05, 3.63) is 0 Å². The molecule has 21 heavy (non-hydrogen) atoms. The molecule has 1 N–H and O–H groups in total. The fourth-order valence-electron chi connectivity index (χ4n) is 4.94. The Bertz CT molecular complexity index is 386. The quantitative estimate of drug-likeness (QED) is 0.858. The third-order valence-electron chi connectivity index (χ3n) is 6.06. The van der Waals surface area contributed by atoms with Crippen molar-refractivity contribution in [2.75, 3.05) is 46.8 Å². The Morgan fingerprint density at radius 1 is 1.33 bits per heavy atom. The Morgan fingerprint density at radius 2 is 2.19 bits per heavy atom. The molecule has 3 rings (SSSR count). The molecule has 0 radical (unpaired) electrons. The summed E-state index contributed by atoms with van der Waals surface area (Å²) >= 11 is 0. The predicted molar refractivity (Wildman–Crippen MR) is 85.1 cm³/mol. The molecule has 0 aromatic heterocycles. The molecule has 1 aliphatic carbocycles. The molecule has 0 aromatic rings. The van der Waals surface area contributed by atoms with E-state index < -0.39 is 0 Å². The topological polar surface area (TPSA) is 35.6 Å². The smallest absolute Gasteiger partial charge is 0.230 e. The number of rotatable bonds is 3. The number of nitrogens with zero attached hydrogens (tertiary/aromatic N) is 2. The lowest BCUT2D eigenvalue weighted by Crippen LogP contribution is -2.50. The average molecular weight is 293 g/mol. The van der Waals surface area contributed by atoms with Crippen LogP contribution < -0.4 is 5.32 Å². The number of hydrogen-bond donors (Lipinski definition) is 1. The molecule has 0 spiro atoms. The largest absolute Gasteiger partial charge is 0.345 e. The Hall–Kier alpha value is -0.610. The van der Waals surface area contributed by atoms with Gasteiger partial charge in [-0.05, 0) is 57.7 Å². The molecule has 4 nitrogen and oxygen atoms in total. The summed E-state index contributed by atoms with van der Waals surface area (Å²) in [7, 11) is 4.24. The van der Waals surface area contributed by atoms with Gasteiger partial charge in [0.1, 0.15) is 0 Å². The van der Waals surface area contributed by atoms with E-state index in [2.05, 4.69) is 22.2 Å². The van der Waals surface area contributed by atoms with Crippen LogP contribution in [0.5, 0.6) is 0 Å². The van der Waals surface area contributed by atoms with E-state index in [1.807, 2.05) is 7.05 Å². The summed E-state index contributed by atoms with van der Waals surface area (Å²) in [6.07, 6.45) is 7.41. The van der Waals surface area contributed by atoms with Crippen LogP contribution in [0.25, 0.3) is 0 Å². The van der Waals surface area contributed by atoms with Crippen LogP contribution in [0.2, 0.25) is 0 Å². The minimum absolute atomic E-state index is 0.0758. The molecular formula is C17H31N3O. The van der Waals surface area contributed by atoms with Crippen molar-refractivity contribution >= 4 is 5.91 Å². The standard InChI is InChI=1S/C17H31N3O/c1-19-9-5-6-14(11-19)12-20(2)16(21)17-8-4-3-7-15(17)10-18-13-17/h14-15,18H,3-13H2,1-2H3/t14?,15-,17+/m0/s1. The zero-order valence-corrected chi connectivity index (χ0v) is 13.7. The molecule has 3 atom stereocenters. The van der Waals surface area contributed by atoms with Crippen molar-refractivity contribution in [1.82, 2.24) is 15.1 Å². The molecule has 120 valence electrons. The van der Waals surface area contributed by atoms with E-state index in [0.29, 0.717) is 17.7 Å². The van der Waals surface area contributed by atoms with Gasteiger partial charge in [-0.1, -0.05) is 12.8 Å². The van der Waals surface area contributed by atoms with E-state index in [-0.39, 0.29) is 5.41 Å². The van der Waals surface area contributed by atoms with Crippen molar-refractivity contribution in [2.45, 2.75) is 38.5 Å². The first-order chi connectivity index (χ1) is 10.1. The molecule has 2 aliphatic heterocycles. The molecule has 4 heteroatoms. The first-order valence-corrected chi connectivity index (χ1v) is 8.76. The van der Waals surface area contributed by atoms with Gasteiger partial charge in [-0.2, -0.15) is 0 Å². The Kier molecular flexibility index (Phi) is 4.55. The van der Waals surface area contributed by atoms with Gasteiger partial charge >= 0.3 is 0 Å². The predicted octanol–water partition coefficient (Wildman–Crippen LogP) is 1.57. The monoisotopic (exact) mass is 293 g/mol. The zero-order chi connectivity index (χ0) is 14.9. The van der Waals surface area contributed by atoms with Gasteiger partial charge in [0, 0.05) is 26.7 Å². The van der Waals surface area contributed by atoms with E-state index in [1.165, 1.54) is 38.6 Å². The number of likely N-dealkylation sites (tertiary alicyclic amines) is 1. The van der Waals surface area contributed by atoms with Gasteiger partial charge in [-0.15, -0.1) is 0 Å². The summed E-state index contributed by atoms with van der Waals surface area (Å²) in [4.78, 5) is 17.6. The van der Waals surface area contributed by atoms with Crippen LogP contribution >= 0.6 is 0 Å². The van der Waals surface area contributed by atoms with Crippen LogP contribution in [0.15, 0.2) is 0 Å². The molecule has 0 bridgehead atoms. The summed E-state index contributed by atoms with van der Waals surface area (Å²) < 4.78 is 0. The van der Waals surface area contributed by atoms with Crippen LogP contribution in [-0.4, -0.2) is 62.5 Å². The second kappa shape index (κ2) is 6.25. The Morgan fingerprint density at radius 3 is 3.00 bits per heavy atom. The highest BCUT2D eigenvalue weighted by Gasteiger charge is 2.50. The summed E-state index contributed by atoms with van der Waals surface area (Å²) in [6, 6.07) is 0. The molecule has 1 amide bonds. The van der Waals surface area contributed by atoms with Crippen LogP contribution in [0.4, 0.5) is 0 Å². The fourth-order valence-corrected chi connectivity index (χ4v) is 4.94. The maximum atomic E-state index is 13.1. The van der Waals surface area contributed by atoms with Crippen molar-refractivity contribution in [2.24, 2.45) is 17.3 Å². The molecule has 2 heterocycles. The third kappa shape index (κ3) is 2.98. The average Bonchev–Trinajstić information content (AvgIpc) is 2.91. The normalized spacial score (nSPS) is 37.2. The van der Waals surface area contributed by atoms with Gasteiger partial charge in [-0.25, -0.2) is 0 Å². The fraction of sp³-hybridized carbons (Fsp3) is 0.941. The van der Waals surface area contributed by atoms with E-state index in [1.54, 1.807) is 0 Å². The number of nitrogens with one attached hydrogen (secondary N) is 1. The van der Waals surface area contributed by atoms with E-state index in [0.717, 1.165) is 32.6 Å². The summed E-state index contributed by atoms with van der Waals surface area (Å²) in [6.45, 7) is 5.26. The highest BCUT2D eigenvalue weighted by molar-refractivity contribution is 5.83. The van der Waals surface area contributed by atoms with Crippen molar-refractivity contribution in [1.29, 1.82) is 0 Å². The van der Waals surface area contributed by atoms with Crippen LogP contribution in [-0.2, 0) is 4.79 Å². The Labute approximate surface area is 129 Å². The van der Waals surface area contributed by atoms with Gasteiger partial charge in [-0.3, -0.25) is 4.79 Å². The minimum Gasteiger partial charge on any atom is -0.345 e. The van der Waals surface area contributed by atoms with Gasteiger partial charge in [0.15, 0.2) is 0 Å². The van der Waals surface area contributed by atoms with Gasteiger partial charge < -0.3 is 15.1 Å². The molecule has 1 unspecified atom stereocenters. The van der Waals surface area contributed by atoms with Gasteiger partial charge in [0.05, 0.1) is 5.41 Å². The third-order valence-corrected chi connectivity index (χ3v) is 6.06. The molecule has 3 fully saturated rings. The van der Waals surface area contributed by atoms with E-state index in [4.69, 9.17) is 0 Å². The van der Waals surface area contributed by atoms with Crippen molar-refractivity contribution < 1.29 is 4.79 Å². The first kappa shape index (κ1) is 15.3. The van der Waals surface area contributed by atoms with Crippen LogP contribution in [0.3, 0.4) is 0 Å². The number of piperidine rings is 1. The number of fused-ring (bicyclic) bond motifs is 1. The van der Waals surface area contributed by atoms with Gasteiger partial charge in [0.2, 0.25) is 5.91 Å². The second-order valence-electron chi connectivity index (χ2n) is 7.69. The lowest BCUT2D eigenvalue weighted by atomic mass is 9.67. The number of amides is 1. The molecule has 2 saturated heterocycles. The zero-order valence-electron chi connectivity index (χ0n) is 13.7. The van der Waals surface area contributed by atoms with Crippen molar-refractivity contribution in [3.8, 4) is 0 Å². The van der Waals surface area contributed by atoms with E-state index in [9.17, 15) is 4.79 Å². The molecular weight excluding hydrogens is 262 g/mol. The molecule has 1 saturated carbocycles. The summed E-state index contributed by atoms with van der Waals surface area (Å²) in [5.41, 5.74) is -0.0758. The summed E-state index contributed by atoms with van der Waals surface area (Å²) in [5.74, 6) is 1.66. The van der Waals surface area contributed by atoms with Crippen LogP contribution in [0, 0.1) is 17.3 Å². The maximum Gasteiger partial charge on any atom is 0.230 e. The lowest BCUT2D eigenvalue weighted by Gasteiger charge is -2.41. The molecule has 3 aliphatic rings.